The van der Waals surface area contributed by atoms with Crippen LogP contribution >= 0.6 is 0 Å². The molecule has 0 aliphatic carbocycles. The van der Waals surface area contributed by atoms with Crippen LogP contribution in [0.15, 0.2) is 12.7 Å². The van der Waals surface area contributed by atoms with E-state index in [4.69, 9.17) is 23.7 Å². The lowest BCUT2D eigenvalue weighted by Crippen LogP contribution is -2.66. The summed E-state index contributed by atoms with van der Waals surface area (Å²) in [7, 11) is 2.99. The van der Waals surface area contributed by atoms with Crippen molar-refractivity contribution in [2.24, 2.45) is 0 Å². The number of hydrogen-bond acceptors (Lipinski definition) is 7. The Bertz CT molecular complexity index is 579. The fraction of sp³-hybridized carbons (Fsp3) is 0.870. The minimum atomic E-state index is -5.12. The summed E-state index contributed by atoms with van der Waals surface area (Å²) in [4.78, 5) is 11.7. The standard InChI is InChI=1S/C23H40F3NO7/c1-5-7-8-9-10-11-16(31-4)12-14-32-20-18(27-22(29)23(24,25)26)21(33-13-6-2)34-17(15-30-3)19(20)28/h6,16-21,28H,2,5,7-15H2,1,3-4H3,(H,27,29)/t16-,17-,18-,19-,20-,21+/m1/s1. The first kappa shape index (κ1) is 30.8. The van der Waals surface area contributed by atoms with Crippen molar-refractivity contribution in [1.29, 1.82) is 0 Å². The molecule has 0 aromatic carbocycles. The van der Waals surface area contributed by atoms with E-state index in [2.05, 4.69) is 13.5 Å². The average Bonchev–Trinajstić information content (AvgIpc) is 2.79. The molecule has 1 fully saturated rings. The lowest BCUT2D eigenvalue weighted by molar-refractivity contribution is -0.277. The molecular formula is C23H40F3NO7. The lowest BCUT2D eigenvalue weighted by atomic mass is 9.96. The Morgan fingerprint density at radius 2 is 1.88 bits per heavy atom. The van der Waals surface area contributed by atoms with Crippen LogP contribution in [-0.4, -0.2) is 88.0 Å². The van der Waals surface area contributed by atoms with Crippen LogP contribution in [0.1, 0.15) is 51.9 Å². The van der Waals surface area contributed by atoms with Crippen LogP contribution in [0, 0.1) is 0 Å². The van der Waals surface area contributed by atoms with E-state index >= 15 is 0 Å². The van der Waals surface area contributed by atoms with Gasteiger partial charge < -0.3 is 34.1 Å². The molecule has 1 amide bonds. The number of halogens is 3. The van der Waals surface area contributed by atoms with Gasteiger partial charge in [-0.25, -0.2) is 0 Å². The van der Waals surface area contributed by atoms with Gasteiger partial charge in [0.05, 0.1) is 19.3 Å². The number of alkyl halides is 3. The molecule has 0 aromatic heterocycles. The van der Waals surface area contributed by atoms with E-state index < -0.39 is 42.7 Å². The van der Waals surface area contributed by atoms with Crippen molar-refractivity contribution in [3.63, 3.8) is 0 Å². The maximum absolute atomic E-state index is 13.0. The Morgan fingerprint density at radius 3 is 2.47 bits per heavy atom. The van der Waals surface area contributed by atoms with Crippen molar-refractivity contribution in [1.82, 2.24) is 5.32 Å². The summed E-state index contributed by atoms with van der Waals surface area (Å²) in [5.74, 6) is -2.18. The first-order valence-corrected chi connectivity index (χ1v) is 11.8. The van der Waals surface area contributed by atoms with E-state index in [1.807, 2.05) is 5.32 Å². The Morgan fingerprint density at radius 1 is 1.18 bits per heavy atom. The van der Waals surface area contributed by atoms with Gasteiger partial charge in [0, 0.05) is 20.8 Å². The number of carbonyl (C=O) groups excluding carboxylic acids is 1. The van der Waals surface area contributed by atoms with Crippen molar-refractivity contribution in [2.45, 2.75) is 94.8 Å². The van der Waals surface area contributed by atoms with E-state index in [1.165, 1.54) is 19.6 Å². The highest BCUT2D eigenvalue weighted by Gasteiger charge is 2.50. The van der Waals surface area contributed by atoms with Crippen LogP contribution in [0.3, 0.4) is 0 Å². The normalized spacial score (nSPS) is 26.3. The molecule has 0 unspecified atom stereocenters. The topological polar surface area (TPSA) is 95.5 Å². The Balaban J connectivity index is 2.88. The molecule has 34 heavy (non-hydrogen) atoms. The zero-order valence-electron chi connectivity index (χ0n) is 20.4. The first-order valence-electron chi connectivity index (χ1n) is 11.8. The van der Waals surface area contributed by atoms with Crippen molar-refractivity contribution in [3.05, 3.63) is 12.7 Å². The third kappa shape index (κ3) is 10.6. The molecule has 1 saturated heterocycles. The predicted molar refractivity (Wildman–Crippen MR) is 119 cm³/mol. The summed E-state index contributed by atoms with van der Waals surface area (Å²) < 4.78 is 66.3. The summed E-state index contributed by atoms with van der Waals surface area (Å²) >= 11 is 0. The van der Waals surface area contributed by atoms with Gasteiger partial charge in [0.1, 0.15) is 24.4 Å². The van der Waals surface area contributed by atoms with Gasteiger partial charge in [0.15, 0.2) is 6.29 Å². The third-order valence-electron chi connectivity index (χ3n) is 5.65. The van der Waals surface area contributed by atoms with Crippen molar-refractivity contribution in [2.75, 3.05) is 34.0 Å². The molecule has 200 valence electrons. The molecule has 6 atom stereocenters. The number of hydrogen-bond donors (Lipinski definition) is 2. The molecule has 11 heteroatoms. The number of carbonyl (C=O) groups is 1. The Kier molecular flexibility index (Phi) is 14.9. The molecule has 1 rings (SSSR count). The van der Waals surface area contributed by atoms with Gasteiger partial charge in [-0.05, 0) is 12.8 Å². The van der Waals surface area contributed by atoms with E-state index in [0.29, 0.717) is 6.42 Å². The molecule has 8 nitrogen and oxygen atoms in total. The Hall–Kier alpha value is -1.24. The number of aliphatic hydroxyl groups is 1. The summed E-state index contributed by atoms with van der Waals surface area (Å²) in [6.45, 7) is 5.66. The highest BCUT2D eigenvalue weighted by atomic mass is 19.4. The molecule has 1 aliphatic heterocycles. The number of unbranched alkanes of at least 4 members (excludes halogenated alkanes) is 4. The molecule has 1 heterocycles. The van der Waals surface area contributed by atoms with Gasteiger partial charge in [-0.3, -0.25) is 4.79 Å². The fourth-order valence-electron chi connectivity index (χ4n) is 3.80. The second-order valence-corrected chi connectivity index (χ2v) is 8.29. The van der Waals surface area contributed by atoms with Crippen molar-refractivity contribution < 1.29 is 46.8 Å². The molecule has 0 bridgehead atoms. The molecule has 0 aromatic rings. The molecule has 0 radical (unpaired) electrons. The Labute approximate surface area is 200 Å². The van der Waals surface area contributed by atoms with Crippen LogP contribution in [0.25, 0.3) is 0 Å². The number of rotatable bonds is 17. The van der Waals surface area contributed by atoms with Gasteiger partial charge in [-0.15, -0.1) is 6.58 Å². The summed E-state index contributed by atoms with van der Waals surface area (Å²) in [5, 5.41) is 12.6. The van der Waals surface area contributed by atoms with Gasteiger partial charge in [0.2, 0.25) is 0 Å². The third-order valence-corrected chi connectivity index (χ3v) is 5.65. The maximum atomic E-state index is 13.0. The summed E-state index contributed by atoms with van der Waals surface area (Å²) in [6, 6.07) is -1.41. The van der Waals surface area contributed by atoms with Crippen LogP contribution < -0.4 is 5.32 Å². The van der Waals surface area contributed by atoms with Crippen molar-refractivity contribution in [3.8, 4) is 0 Å². The molecule has 0 spiro atoms. The predicted octanol–water partition coefficient (Wildman–Crippen LogP) is 3.12. The maximum Gasteiger partial charge on any atom is 0.471 e. The highest BCUT2D eigenvalue weighted by Crippen LogP contribution is 2.27. The SMILES string of the molecule is C=CCO[C@H]1O[C@H](COC)[C@@H](O)[C@H](OCC[C@@H](CCCCCCC)OC)[C@H]1NC(=O)C(F)(F)F. The lowest BCUT2D eigenvalue weighted by Gasteiger charge is -2.44. The smallest absolute Gasteiger partial charge is 0.388 e. The van der Waals surface area contributed by atoms with Crippen LogP contribution in [0.4, 0.5) is 13.2 Å². The second kappa shape index (κ2) is 16.4. The van der Waals surface area contributed by atoms with Crippen molar-refractivity contribution >= 4 is 5.91 Å². The fourth-order valence-corrected chi connectivity index (χ4v) is 3.80. The van der Waals surface area contributed by atoms with E-state index in [0.717, 1.165) is 32.1 Å². The average molecular weight is 500 g/mol. The first-order chi connectivity index (χ1) is 16.2. The zero-order chi connectivity index (χ0) is 25.6. The highest BCUT2D eigenvalue weighted by molar-refractivity contribution is 5.82. The number of aliphatic hydroxyl groups excluding tert-OH is 1. The van der Waals surface area contributed by atoms with Crippen LogP contribution in [0.2, 0.25) is 0 Å². The zero-order valence-corrected chi connectivity index (χ0v) is 20.4. The number of nitrogens with one attached hydrogen (secondary N) is 1. The largest absolute Gasteiger partial charge is 0.471 e. The molecule has 0 saturated carbocycles. The van der Waals surface area contributed by atoms with E-state index in [-0.39, 0.29) is 25.9 Å². The van der Waals surface area contributed by atoms with Gasteiger partial charge in [-0.1, -0.05) is 45.1 Å². The minimum Gasteiger partial charge on any atom is -0.388 e. The number of ether oxygens (including phenoxy) is 5. The quantitative estimate of drug-likeness (QED) is 0.235. The number of methoxy groups -OCH3 is 2. The van der Waals surface area contributed by atoms with E-state index in [9.17, 15) is 23.1 Å². The molecule has 1 aliphatic rings. The van der Waals surface area contributed by atoms with Crippen LogP contribution in [0.5, 0.6) is 0 Å². The molecular weight excluding hydrogens is 459 g/mol. The van der Waals surface area contributed by atoms with E-state index in [1.54, 1.807) is 7.11 Å². The van der Waals surface area contributed by atoms with Gasteiger partial charge >= 0.3 is 12.1 Å². The molecule has 2 N–H and O–H groups in total. The van der Waals surface area contributed by atoms with Crippen LogP contribution in [-0.2, 0) is 28.5 Å². The monoisotopic (exact) mass is 499 g/mol. The van der Waals surface area contributed by atoms with Gasteiger partial charge in [0.25, 0.3) is 0 Å². The number of amides is 1. The van der Waals surface area contributed by atoms with Gasteiger partial charge in [-0.2, -0.15) is 13.2 Å². The summed E-state index contributed by atoms with van der Waals surface area (Å²) in [6.07, 6.45) is -1.77. The summed E-state index contributed by atoms with van der Waals surface area (Å²) in [5.41, 5.74) is 0. The second-order valence-electron chi connectivity index (χ2n) is 8.29. The minimum absolute atomic E-state index is 0.0463.